The Hall–Kier alpha value is -4.73. The standard InChI is InChI=1S/C20H18O8.C10H13NO/c1-11-3-7-13(8-4-11)19(25)27-15(17(21)22)16(18(23)24)28-20(26)14-9-5-12(2)6-10-14;12-10-7-9-4-2-1-3-8(9)5-6-11-10/h3-10,15-16H,1-2H3,(H,21,22)(H,23,24);2,4,7-8H,1,3,5-6H2,(H,11,12)/t15-,16-;/m1./s1. The molecule has 0 saturated carbocycles. The first-order valence-electron chi connectivity index (χ1n) is 12.7. The molecule has 2 aromatic carbocycles. The number of rotatable bonds is 7. The Morgan fingerprint density at radius 3 is 1.73 bits per heavy atom. The van der Waals surface area contributed by atoms with E-state index in [2.05, 4.69) is 17.5 Å². The molecule has 0 aromatic heterocycles. The van der Waals surface area contributed by atoms with Crippen LogP contribution in [0.1, 0.15) is 51.1 Å². The van der Waals surface area contributed by atoms with E-state index >= 15 is 0 Å². The smallest absolute Gasteiger partial charge is 0.349 e. The summed E-state index contributed by atoms with van der Waals surface area (Å²) in [7, 11) is 0. The second-order valence-electron chi connectivity index (χ2n) is 9.46. The molecule has 1 aliphatic carbocycles. The Kier molecular flexibility index (Phi) is 10.4. The van der Waals surface area contributed by atoms with Gasteiger partial charge in [0.1, 0.15) is 0 Å². The number of nitrogens with one attached hydrogen (secondary N) is 1. The molecule has 10 heteroatoms. The molecule has 210 valence electrons. The van der Waals surface area contributed by atoms with E-state index in [1.54, 1.807) is 44.2 Å². The van der Waals surface area contributed by atoms with Gasteiger partial charge in [-0.1, -0.05) is 47.5 Å². The largest absolute Gasteiger partial charge is 0.478 e. The van der Waals surface area contributed by atoms with Gasteiger partial charge in [0.2, 0.25) is 18.1 Å². The third-order valence-electron chi connectivity index (χ3n) is 6.36. The lowest BCUT2D eigenvalue weighted by molar-refractivity contribution is -0.166. The van der Waals surface area contributed by atoms with Crippen molar-refractivity contribution in [2.75, 3.05) is 6.54 Å². The molecule has 2 aliphatic rings. The van der Waals surface area contributed by atoms with Gasteiger partial charge in [0.25, 0.3) is 0 Å². The van der Waals surface area contributed by atoms with Crippen LogP contribution in [-0.2, 0) is 23.9 Å². The minimum Gasteiger partial charge on any atom is -0.478 e. The average molecular weight is 550 g/mol. The van der Waals surface area contributed by atoms with E-state index in [1.807, 2.05) is 0 Å². The molecule has 0 spiro atoms. The van der Waals surface area contributed by atoms with E-state index in [0.717, 1.165) is 30.5 Å². The van der Waals surface area contributed by atoms with Crippen LogP contribution in [0.25, 0.3) is 0 Å². The molecule has 0 fully saturated rings. The maximum atomic E-state index is 12.2. The summed E-state index contributed by atoms with van der Waals surface area (Å²) in [6.45, 7) is 4.41. The predicted molar refractivity (Wildman–Crippen MR) is 144 cm³/mol. The van der Waals surface area contributed by atoms with Gasteiger partial charge in [-0.05, 0) is 68.9 Å². The highest BCUT2D eigenvalue weighted by molar-refractivity contribution is 5.95. The average Bonchev–Trinajstić information content (AvgIpc) is 3.11. The number of hydrogen-bond donors (Lipinski definition) is 3. The zero-order valence-corrected chi connectivity index (χ0v) is 22.2. The molecule has 10 nitrogen and oxygen atoms in total. The molecular weight excluding hydrogens is 518 g/mol. The summed E-state index contributed by atoms with van der Waals surface area (Å²) in [6, 6.07) is 12.1. The van der Waals surface area contributed by atoms with E-state index in [0.29, 0.717) is 5.92 Å². The fourth-order valence-electron chi connectivity index (χ4n) is 4.10. The van der Waals surface area contributed by atoms with Crippen LogP contribution in [0, 0.1) is 19.8 Å². The van der Waals surface area contributed by atoms with Crippen LogP contribution < -0.4 is 5.32 Å². The summed E-state index contributed by atoms with van der Waals surface area (Å²) in [5.41, 5.74) is 3.01. The monoisotopic (exact) mass is 549 g/mol. The number of fused-ring (bicyclic) bond motifs is 1. The summed E-state index contributed by atoms with van der Waals surface area (Å²) >= 11 is 0. The second-order valence-corrected chi connectivity index (χ2v) is 9.46. The molecular formula is C30H31NO9. The fourth-order valence-corrected chi connectivity index (χ4v) is 4.10. The summed E-state index contributed by atoms with van der Waals surface area (Å²) in [5.74, 6) is -4.93. The molecule has 1 aliphatic heterocycles. The molecule has 40 heavy (non-hydrogen) atoms. The van der Waals surface area contributed by atoms with Gasteiger partial charge >= 0.3 is 23.9 Å². The first-order chi connectivity index (χ1) is 19.0. The minimum absolute atomic E-state index is 0.0332. The summed E-state index contributed by atoms with van der Waals surface area (Å²) in [4.78, 5) is 58.5. The SMILES string of the molecule is Cc1ccc(C(=O)O[C@@H](C(=O)O)[C@@H](OC(=O)c2ccc(C)cc2)C(=O)O)cc1.O=C1C=C2C=CCCC2CCN1. The Bertz CT molecular complexity index is 1230. The Morgan fingerprint density at radius 2 is 1.27 bits per heavy atom. The summed E-state index contributed by atoms with van der Waals surface area (Å²) < 4.78 is 9.64. The minimum atomic E-state index is -2.22. The van der Waals surface area contributed by atoms with E-state index in [1.165, 1.54) is 36.3 Å². The van der Waals surface area contributed by atoms with Crippen LogP contribution in [0.5, 0.6) is 0 Å². The molecule has 0 bridgehead atoms. The second kappa shape index (κ2) is 13.9. The van der Waals surface area contributed by atoms with Crippen molar-refractivity contribution in [2.45, 2.75) is 45.3 Å². The Labute approximate surface area is 231 Å². The predicted octanol–water partition coefficient (Wildman–Crippen LogP) is 3.62. The number of aliphatic carboxylic acids is 2. The summed E-state index contributed by atoms with van der Waals surface area (Å²) in [5, 5.41) is 21.5. The zero-order valence-electron chi connectivity index (χ0n) is 22.2. The molecule has 2 aromatic rings. The third kappa shape index (κ3) is 8.39. The number of carbonyl (C=O) groups is 5. The lowest BCUT2D eigenvalue weighted by Crippen LogP contribution is -2.45. The molecule has 3 atom stereocenters. The number of aryl methyl sites for hydroxylation is 2. The highest BCUT2D eigenvalue weighted by Gasteiger charge is 2.41. The van der Waals surface area contributed by atoms with Crippen molar-refractivity contribution in [2.24, 2.45) is 5.92 Å². The molecule has 4 rings (SSSR count). The van der Waals surface area contributed by atoms with Gasteiger partial charge in [0.05, 0.1) is 11.1 Å². The maximum absolute atomic E-state index is 12.2. The van der Waals surface area contributed by atoms with Crippen LogP contribution in [0.15, 0.2) is 72.3 Å². The number of esters is 2. The number of ether oxygens (including phenoxy) is 2. The van der Waals surface area contributed by atoms with Crippen LogP contribution in [0.4, 0.5) is 0 Å². The van der Waals surface area contributed by atoms with Crippen LogP contribution >= 0.6 is 0 Å². The first kappa shape index (κ1) is 29.8. The topological polar surface area (TPSA) is 156 Å². The lowest BCUT2D eigenvalue weighted by Gasteiger charge is -2.21. The Balaban J connectivity index is 0.000000302. The van der Waals surface area contributed by atoms with Crippen molar-refractivity contribution >= 4 is 29.8 Å². The van der Waals surface area contributed by atoms with Gasteiger partial charge in [-0.2, -0.15) is 0 Å². The van der Waals surface area contributed by atoms with Gasteiger partial charge in [-0.15, -0.1) is 0 Å². The quantitative estimate of drug-likeness (QED) is 0.439. The molecule has 1 amide bonds. The van der Waals surface area contributed by atoms with Crippen LogP contribution in [0.3, 0.4) is 0 Å². The highest BCUT2D eigenvalue weighted by Crippen LogP contribution is 2.27. The van der Waals surface area contributed by atoms with E-state index in [4.69, 9.17) is 9.47 Å². The number of benzene rings is 2. The number of allylic oxidation sites excluding steroid dienone is 3. The number of carbonyl (C=O) groups excluding carboxylic acids is 3. The maximum Gasteiger partial charge on any atom is 0.349 e. The fraction of sp³-hybridized carbons (Fsp3) is 0.300. The zero-order chi connectivity index (χ0) is 29.2. The van der Waals surface area contributed by atoms with Crippen molar-refractivity contribution in [1.29, 1.82) is 0 Å². The van der Waals surface area contributed by atoms with Gasteiger partial charge in [0, 0.05) is 12.6 Å². The van der Waals surface area contributed by atoms with Crippen molar-refractivity contribution in [3.05, 3.63) is 94.6 Å². The van der Waals surface area contributed by atoms with E-state index in [9.17, 15) is 34.2 Å². The lowest BCUT2D eigenvalue weighted by atomic mass is 9.87. The number of hydrogen-bond acceptors (Lipinski definition) is 7. The van der Waals surface area contributed by atoms with Crippen LogP contribution in [0.2, 0.25) is 0 Å². The number of amides is 1. The Morgan fingerprint density at radius 1 is 0.800 bits per heavy atom. The van der Waals surface area contributed by atoms with Crippen molar-refractivity contribution in [3.63, 3.8) is 0 Å². The number of carboxylic acids is 2. The van der Waals surface area contributed by atoms with Gasteiger partial charge in [0.15, 0.2) is 0 Å². The normalized spacial score (nSPS) is 17.3. The van der Waals surface area contributed by atoms with Crippen molar-refractivity contribution in [3.8, 4) is 0 Å². The van der Waals surface area contributed by atoms with Crippen molar-refractivity contribution < 1.29 is 43.7 Å². The highest BCUT2D eigenvalue weighted by atomic mass is 16.6. The van der Waals surface area contributed by atoms with Gasteiger partial charge in [-0.25, -0.2) is 19.2 Å². The molecule has 0 radical (unpaired) electrons. The number of carboxylic acid groups (broad SMARTS) is 2. The summed E-state index contributed by atoms with van der Waals surface area (Å²) in [6.07, 6.45) is 5.02. The molecule has 1 unspecified atom stereocenters. The van der Waals surface area contributed by atoms with Gasteiger partial charge < -0.3 is 25.0 Å². The molecule has 0 saturated heterocycles. The van der Waals surface area contributed by atoms with E-state index < -0.39 is 36.1 Å². The van der Waals surface area contributed by atoms with Crippen molar-refractivity contribution in [1.82, 2.24) is 5.32 Å². The first-order valence-corrected chi connectivity index (χ1v) is 12.7. The molecule has 1 heterocycles. The van der Waals surface area contributed by atoms with Crippen LogP contribution in [-0.4, -0.2) is 58.8 Å². The van der Waals surface area contributed by atoms with Gasteiger partial charge in [-0.3, -0.25) is 4.79 Å². The third-order valence-corrected chi connectivity index (χ3v) is 6.36. The molecule has 3 N–H and O–H groups in total. The van der Waals surface area contributed by atoms with E-state index in [-0.39, 0.29) is 17.0 Å².